The van der Waals surface area contributed by atoms with Crippen LogP contribution in [0.2, 0.25) is 0 Å². The number of piperidine rings is 1. The van der Waals surface area contributed by atoms with Gasteiger partial charge in [0.15, 0.2) is 5.76 Å². The van der Waals surface area contributed by atoms with Crippen LogP contribution in [0.1, 0.15) is 23.7 Å². The molecule has 1 aliphatic heterocycles. The molecule has 2 heterocycles. The number of hydrogen-bond acceptors (Lipinski definition) is 4. The van der Waals surface area contributed by atoms with Gasteiger partial charge in [-0.15, -0.1) is 12.4 Å². The van der Waals surface area contributed by atoms with Gasteiger partial charge < -0.3 is 15.1 Å². The van der Waals surface area contributed by atoms with Gasteiger partial charge in [-0.1, -0.05) is 49.4 Å². The highest BCUT2D eigenvalue weighted by Crippen LogP contribution is 2.28. The Morgan fingerprint density at radius 2 is 1.89 bits per heavy atom. The van der Waals surface area contributed by atoms with Crippen molar-refractivity contribution in [3.63, 3.8) is 0 Å². The van der Waals surface area contributed by atoms with Gasteiger partial charge in [-0.05, 0) is 31.0 Å². The SMILES string of the molecule is CC1CCNCC1NC(=O)c1ccccc1-c1ncc(-c2ccccc2)o1.Cl. The molecule has 6 heteroatoms. The van der Waals surface area contributed by atoms with E-state index in [0.717, 1.165) is 25.1 Å². The van der Waals surface area contributed by atoms with Crippen LogP contribution < -0.4 is 10.6 Å². The first-order valence-electron chi connectivity index (χ1n) is 9.34. The van der Waals surface area contributed by atoms with E-state index in [2.05, 4.69) is 22.5 Å². The first-order valence-corrected chi connectivity index (χ1v) is 9.34. The third kappa shape index (κ3) is 4.26. The molecule has 2 N–H and O–H groups in total. The van der Waals surface area contributed by atoms with Crippen LogP contribution >= 0.6 is 12.4 Å². The van der Waals surface area contributed by atoms with Crippen LogP contribution in [0.3, 0.4) is 0 Å². The van der Waals surface area contributed by atoms with Crippen molar-refractivity contribution in [3.8, 4) is 22.8 Å². The number of amides is 1. The molecule has 4 rings (SSSR count). The van der Waals surface area contributed by atoms with Crippen molar-refractivity contribution in [1.29, 1.82) is 0 Å². The second kappa shape index (κ2) is 9.04. The summed E-state index contributed by atoms with van der Waals surface area (Å²) < 4.78 is 5.95. The molecule has 1 amide bonds. The van der Waals surface area contributed by atoms with Crippen LogP contribution in [0.4, 0.5) is 0 Å². The van der Waals surface area contributed by atoms with Gasteiger partial charge in [0, 0.05) is 23.7 Å². The Morgan fingerprint density at radius 1 is 1.14 bits per heavy atom. The number of carbonyl (C=O) groups is 1. The highest BCUT2D eigenvalue weighted by atomic mass is 35.5. The zero-order valence-corrected chi connectivity index (χ0v) is 16.5. The highest BCUT2D eigenvalue weighted by Gasteiger charge is 2.25. The van der Waals surface area contributed by atoms with Crippen LogP contribution in [-0.2, 0) is 0 Å². The number of rotatable bonds is 4. The van der Waals surface area contributed by atoms with Crippen molar-refractivity contribution in [2.24, 2.45) is 5.92 Å². The van der Waals surface area contributed by atoms with E-state index in [4.69, 9.17) is 4.42 Å². The average molecular weight is 398 g/mol. The summed E-state index contributed by atoms with van der Waals surface area (Å²) in [7, 11) is 0. The van der Waals surface area contributed by atoms with E-state index < -0.39 is 0 Å². The van der Waals surface area contributed by atoms with Crippen LogP contribution in [0.25, 0.3) is 22.8 Å². The molecular formula is C22H24ClN3O2. The summed E-state index contributed by atoms with van der Waals surface area (Å²) in [5.41, 5.74) is 2.24. The zero-order valence-electron chi connectivity index (χ0n) is 15.7. The van der Waals surface area contributed by atoms with Crippen molar-refractivity contribution >= 4 is 18.3 Å². The molecule has 1 saturated heterocycles. The quantitative estimate of drug-likeness (QED) is 0.693. The molecule has 1 aromatic heterocycles. The Hall–Kier alpha value is -2.63. The van der Waals surface area contributed by atoms with Crippen molar-refractivity contribution in [1.82, 2.24) is 15.6 Å². The van der Waals surface area contributed by atoms with E-state index in [1.807, 2.05) is 54.6 Å². The highest BCUT2D eigenvalue weighted by molar-refractivity contribution is 6.00. The minimum Gasteiger partial charge on any atom is -0.436 e. The van der Waals surface area contributed by atoms with Gasteiger partial charge in [0.25, 0.3) is 5.91 Å². The first kappa shape index (κ1) is 20.1. The van der Waals surface area contributed by atoms with Gasteiger partial charge in [0.2, 0.25) is 5.89 Å². The molecule has 3 aromatic rings. The molecule has 1 aliphatic rings. The molecule has 2 atom stereocenters. The Balaban J connectivity index is 0.00000225. The number of benzene rings is 2. The van der Waals surface area contributed by atoms with Crippen LogP contribution in [0.5, 0.6) is 0 Å². The van der Waals surface area contributed by atoms with Crippen LogP contribution in [-0.4, -0.2) is 30.0 Å². The smallest absolute Gasteiger partial charge is 0.252 e. The fourth-order valence-electron chi connectivity index (χ4n) is 3.43. The van der Waals surface area contributed by atoms with Crippen LogP contribution in [0, 0.1) is 5.92 Å². The first-order chi connectivity index (χ1) is 13.2. The van der Waals surface area contributed by atoms with Gasteiger partial charge in [-0.2, -0.15) is 0 Å². The van der Waals surface area contributed by atoms with E-state index in [9.17, 15) is 4.79 Å². The number of nitrogens with zero attached hydrogens (tertiary/aromatic N) is 1. The monoisotopic (exact) mass is 397 g/mol. The molecule has 0 bridgehead atoms. The number of nitrogens with one attached hydrogen (secondary N) is 2. The predicted molar refractivity (Wildman–Crippen MR) is 113 cm³/mol. The summed E-state index contributed by atoms with van der Waals surface area (Å²) in [6, 6.07) is 17.4. The standard InChI is InChI=1S/C22H23N3O2.ClH/c1-15-11-12-23-13-19(15)25-21(26)17-9-5-6-10-18(17)22-24-14-20(27-22)16-7-3-2-4-8-16;/h2-10,14-15,19,23H,11-13H2,1H3,(H,25,26);1H. The summed E-state index contributed by atoms with van der Waals surface area (Å²) in [5, 5.41) is 6.51. The molecule has 28 heavy (non-hydrogen) atoms. The number of hydrogen-bond donors (Lipinski definition) is 2. The fraction of sp³-hybridized carbons (Fsp3) is 0.273. The molecule has 0 saturated carbocycles. The van der Waals surface area contributed by atoms with Crippen molar-refractivity contribution in [2.45, 2.75) is 19.4 Å². The molecule has 146 valence electrons. The topological polar surface area (TPSA) is 67.2 Å². The molecule has 2 aromatic carbocycles. The molecule has 1 fully saturated rings. The Labute approximate surface area is 171 Å². The van der Waals surface area contributed by atoms with Gasteiger partial charge in [-0.25, -0.2) is 4.98 Å². The Morgan fingerprint density at radius 3 is 2.68 bits per heavy atom. The minimum atomic E-state index is -0.0920. The van der Waals surface area contributed by atoms with Crippen molar-refractivity contribution in [2.75, 3.05) is 13.1 Å². The maximum absolute atomic E-state index is 12.9. The van der Waals surface area contributed by atoms with Gasteiger partial charge in [0.05, 0.1) is 11.8 Å². The summed E-state index contributed by atoms with van der Waals surface area (Å²) in [6.45, 7) is 3.98. The molecule has 0 aliphatic carbocycles. The summed E-state index contributed by atoms with van der Waals surface area (Å²) in [4.78, 5) is 17.3. The number of halogens is 1. The third-order valence-corrected chi connectivity index (χ3v) is 5.11. The van der Waals surface area contributed by atoms with Gasteiger partial charge >= 0.3 is 0 Å². The predicted octanol–water partition coefficient (Wildman–Crippen LogP) is 4.16. The fourth-order valence-corrected chi connectivity index (χ4v) is 3.43. The van der Waals surface area contributed by atoms with E-state index >= 15 is 0 Å². The van der Waals surface area contributed by atoms with Gasteiger partial charge in [0.1, 0.15) is 0 Å². The number of oxazole rings is 1. The lowest BCUT2D eigenvalue weighted by atomic mass is 9.94. The number of carbonyl (C=O) groups excluding carboxylic acids is 1. The summed E-state index contributed by atoms with van der Waals surface area (Å²) >= 11 is 0. The summed E-state index contributed by atoms with van der Waals surface area (Å²) in [5.74, 6) is 1.50. The lowest BCUT2D eigenvalue weighted by Gasteiger charge is -2.30. The van der Waals surface area contributed by atoms with Crippen molar-refractivity contribution in [3.05, 3.63) is 66.4 Å². The average Bonchev–Trinajstić information content (AvgIpc) is 3.20. The normalized spacial score (nSPS) is 18.9. The zero-order chi connectivity index (χ0) is 18.6. The number of aromatic nitrogens is 1. The summed E-state index contributed by atoms with van der Waals surface area (Å²) in [6.07, 6.45) is 2.76. The van der Waals surface area contributed by atoms with E-state index in [1.54, 1.807) is 6.20 Å². The third-order valence-electron chi connectivity index (χ3n) is 5.11. The molecule has 5 nitrogen and oxygen atoms in total. The lowest BCUT2D eigenvalue weighted by molar-refractivity contribution is 0.0915. The van der Waals surface area contributed by atoms with E-state index in [-0.39, 0.29) is 24.4 Å². The maximum Gasteiger partial charge on any atom is 0.252 e. The van der Waals surface area contributed by atoms with E-state index in [1.165, 1.54) is 0 Å². The van der Waals surface area contributed by atoms with Gasteiger partial charge in [-0.3, -0.25) is 4.79 Å². The molecule has 2 unspecified atom stereocenters. The van der Waals surface area contributed by atoms with E-state index in [0.29, 0.717) is 28.7 Å². The van der Waals surface area contributed by atoms with Crippen LogP contribution in [0.15, 0.2) is 65.2 Å². The molecular weight excluding hydrogens is 374 g/mol. The van der Waals surface area contributed by atoms with Crippen molar-refractivity contribution < 1.29 is 9.21 Å². The second-order valence-electron chi connectivity index (χ2n) is 6.99. The lowest BCUT2D eigenvalue weighted by Crippen LogP contribution is -2.50. The Kier molecular flexibility index (Phi) is 6.49. The largest absolute Gasteiger partial charge is 0.436 e. The second-order valence-corrected chi connectivity index (χ2v) is 6.99. The Bertz CT molecular complexity index is 926. The molecule has 0 radical (unpaired) electrons. The molecule has 0 spiro atoms. The minimum absolute atomic E-state index is 0. The maximum atomic E-state index is 12.9.